The minimum absolute atomic E-state index is 0. The Kier molecular flexibility index (Phi) is 13.7. The van der Waals surface area contributed by atoms with Gasteiger partial charge in [-0.1, -0.05) is 6.42 Å². The minimum Gasteiger partial charge on any atom is -0.385 e. The Hall–Kier alpha value is -0.160. The number of piperidine rings is 2. The van der Waals surface area contributed by atoms with Crippen LogP contribution in [-0.2, 0) is 4.74 Å². The summed E-state index contributed by atoms with van der Waals surface area (Å²) in [6.07, 6.45) is 7.65. The predicted octanol–water partition coefficient (Wildman–Crippen LogP) is 1.69. The maximum atomic E-state index is 5.13. The van der Waals surface area contributed by atoms with Crippen LogP contribution in [0.25, 0.3) is 0 Å². The fourth-order valence-electron chi connectivity index (χ4n) is 4.43. The van der Waals surface area contributed by atoms with Crippen molar-refractivity contribution in [3.63, 3.8) is 0 Å². The summed E-state index contributed by atoms with van der Waals surface area (Å²) in [6, 6.07) is 0. The van der Waals surface area contributed by atoms with Gasteiger partial charge < -0.3 is 25.2 Å². The molecule has 0 atom stereocenters. The van der Waals surface area contributed by atoms with E-state index in [9.17, 15) is 0 Å². The number of methoxy groups -OCH3 is 1. The molecule has 2 aliphatic rings. The van der Waals surface area contributed by atoms with Crippen molar-refractivity contribution in [2.24, 2.45) is 4.99 Å². The lowest BCUT2D eigenvalue weighted by atomic mass is 9.84. The Labute approximate surface area is 196 Å². The van der Waals surface area contributed by atoms with Gasteiger partial charge in [-0.2, -0.15) is 0 Å². The molecule has 0 unspecified atom stereocenters. The summed E-state index contributed by atoms with van der Waals surface area (Å²) in [5.41, 5.74) is 0.279. The van der Waals surface area contributed by atoms with Crippen molar-refractivity contribution >= 4 is 29.9 Å². The Morgan fingerprint density at radius 3 is 2.38 bits per heavy atom. The van der Waals surface area contributed by atoms with E-state index < -0.39 is 0 Å². The van der Waals surface area contributed by atoms with Crippen LogP contribution in [0.4, 0.5) is 0 Å². The van der Waals surface area contributed by atoms with Gasteiger partial charge in [0.05, 0.1) is 0 Å². The van der Waals surface area contributed by atoms with Crippen LogP contribution in [0.2, 0.25) is 0 Å². The lowest BCUT2D eigenvalue weighted by Crippen LogP contribution is -2.62. The zero-order valence-electron chi connectivity index (χ0n) is 19.2. The molecule has 0 aromatic carbocycles. The van der Waals surface area contributed by atoms with Crippen LogP contribution in [-0.4, -0.2) is 113 Å². The molecule has 0 aliphatic carbocycles. The highest BCUT2D eigenvalue weighted by atomic mass is 127. The van der Waals surface area contributed by atoms with Gasteiger partial charge in [-0.25, -0.2) is 0 Å². The summed E-state index contributed by atoms with van der Waals surface area (Å²) < 4.78 is 5.13. The number of likely N-dealkylation sites (tertiary alicyclic amines) is 2. The molecule has 2 aliphatic heterocycles. The SMILES string of the molecule is CN=C(NCCN(C)CCCOC)NCC1(N2CCCCC2)CCN(C)CC1.I. The van der Waals surface area contributed by atoms with E-state index in [0.717, 1.165) is 45.2 Å². The van der Waals surface area contributed by atoms with Gasteiger partial charge in [-0.05, 0) is 72.4 Å². The Bertz CT molecular complexity index is 450. The van der Waals surface area contributed by atoms with Crippen molar-refractivity contribution in [3.05, 3.63) is 0 Å². The number of guanidine groups is 1. The van der Waals surface area contributed by atoms with E-state index in [1.807, 2.05) is 7.05 Å². The van der Waals surface area contributed by atoms with Crippen LogP contribution >= 0.6 is 24.0 Å². The van der Waals surface area contributed by atoms with Crippen molar-refractivity contribution in [1.82, 2.24) is 25.3 Å². The third kappa shape index (κ3) is 9.25. The number of rotatable bonds is 10. The summed E-state index contributed by atoms with van der Waals surface area (Å²) in [5, 5.41) is 7.15. The molecule has 29 heavy (non-hydrogen) atoms. The van der Waals surface area contributed by atoms with E-state index >= 15 is 0 Å². The van der Waals surface area contributed by atoms with Gasteiger partial charge in [0, 0.05) is 52.5 Å². The zero-order valence-corrected chi connectivity index (χ0v) is 21.5. The average Bonchev–Trinajstić information content (AvgIpc) is 2.73. The largest absolute Gasteiger partial charge is 0.385 e. The van der Waals surface area contributed by atoms with Crippen molar-refractivity contribution in [1.29, 1.82) is 0 Å². The lowest BCUT2D eigenvalue weighted by molar-refractivity contribution is 0.0173. The maximum Gasteiger partial charge on any atom is 0.191 e. The molecule has 0 radical (unpaired) electrons. The molecule has 2 saturated heterocycles. The summed E-state index contributed by atoms with van der Waals surface area (Å²) in [4.78, 5) is 12.0. The van der Waals surface area contributed by atoms with Gasteiger partial charge in [-0.3, -0.25) is 9.89 Å². The lowest BCUT2D eigenvalue weighted by Gasteiger charge is -2.50. The molecule has 2 heterocycles. The van der Waals surface area contributed by atoms with Crippen LogP contribution in [0, 0.1) is 0 Å². The molecule has 2 N–H and O–H groups in total. The maximum absolute atomic E-state index is 5.13. The van der Waals surface area contributed by atoms with Crippen molar-refractivity contribution in [3.8, 4) is 0 Å². The summed E-state index contributed by atoms with van der Waals surface area (Å²) in [5.74, 6) is 0.931. The summed E-state index contributed by atoms with van der Waals surface area (Å²) >= 11 is 0. The number of ether oxygens (including phenoxy) is 1. The Balaban J connectivity index is 0.00000420. The Morgan fingerprint density at radius 2 is 1.76 bits per heavy atom. The minimum atomic E-state index is 0. The molecule has 0 aromatic rings. The highest BCUT2D eigenvalue weighted by molar-refractivity contribution is 14.0. The van der Waals surface area contributed by atoms with Crippen LogP contribution < -0.4 is 10.6 Å². The average molecular weight is 525 g/mol. The van der Waals surface area contributed by atoms with E-state index in [1.54, 1.807) is 7.11 Å². The smallest absolute Gasteiger partial charge is 0.191 e. The van der Waals surface area contributed by atoms with E-state index in [2.05, 4.69) is 44.4 Å². The van der Waals surface area contributed by atoms with Crippen molar-refractivity contribution in [2.75, 3.05) is 87.2 Å². The molecule has 0 aromatic heterocycles. The number of hydrogen-bond acceptors (Lipinski definition) is 5. The predicted molar refractivity (Wildman–Crippen MR) is 134 cm³/mol. The van der Waals surface area contributed by atoms with Crippen molar-refractivity contribution < 1.29 is 4.74 Å². The van der Waals surface area contributed by atoms with Crippen LogP contribution in [0.1, 0.15) is 38.5 Å². The molecule has 0 spiro atoms. The standard InChI is InChI=1S/C21H44N6O.HI/c1-22-20(23-11-17-25(2)12-8-18-28-4)24-19-21(9-15-26(3)16-10-21)27-13-6-5-7-14-27;/h5-19H2,1-4H3,(H2,22,23,24);1H. The fraction of sp³-hybridized carbons (Fsp3) is 0.952. The van der Waals surface area contributed by atoms with Crippen LogP contribution in [0.15, 0.2) is 4.99 Å². The van der Waals surface area contributed by atoms with E-state index in [1.165, 1.54) is 58.3 Å². The third-order valence-electron chi connectivity index (χ3n) is 6.43. The molecule has 2 fully saturated rings. The summed E-state index contributed by atoms with van der Waals surface area (Å²) in [6.45, 7) is 9.68. The van der Waals surface area contributed by atoms with Crippen LogP contribution in [0.5, 0.6) is 0 Å². The highest BCUT2D eigenvalue weighted by Crippen LogP contribution is 2.30. The monoisotopic (exact) mass is 524 g/mol. The number of nitrogens with zero attached hydrogens (tertiary/aromatic N) is 4. The molecule has 172 valence electrons. The molecule has 8 heteroatoms. The normalized spacial score (nSPS) is 21.1. The van der Waals surface area contributed by atoms with Gasteiger partial charge in [-0.15, -0.1) is 24.0 Å². The molecular formula is C21H45IN6O. The fourth-order valence-corrected chi connectivity index (χ4v) is 4.43. The van der Waals surface area contributed by atoms with Gasteiger partial charge in [0.25, 0.3) is 0 Å². The molecule has 7 nitrogen and oxygen atoms in total. The van der Waals surface area contributed by atoms with Gasteiger partial charge in [0.15, 0.2) is 5.96 Å². The molecular weight excluding hydrogens is 479 g/mol. The second-order valence-corrected chi connectivity index (χ2v) is 8.58. The first-order chi connectivity index (χ1) is 13.6. The second kappa shape index (κ2) is 14.8. The number of hydrogen-bond donors (Lipinski definition) is 2. The zero-order chi connectivity index (χ0) is 20.2. The second-order valence-electron chi connectivity index (χ2n) is 8.58. The summed E-state index contributed by atoms with van der Waals surface area (Å²) in [7, 11) is 8.05. The van der Waals surface area contributed by atoms with Gasteiger partial charge >= 0.3 is 0 Å². The van der Waals surface area contributed by atoms with Crippen molar-refractivity contribution in [2.45, 2.75) is 44.1 Å². The van der Waals surface area contributed by atoms with E-state index in [-0.39, 0.29) is 29.5 Å². The van der Waals surface area contributed by atoms with Gasteiger partial charge in [0.1, 0.15) is 0 Å². The third-order valence-corrected chi connectivity index (χ3v) is 6.43. The Morgan fingerprint density at radius 1 is 1.07 bits per heavy atom. The highest BCUT2D eigenvalue weighted by Gasteiger charge is 2.39. The number of nitrogens with one attached hydrogen (secondary N) is 2. The van der Waals surface area contributed by atoms with Crippen LogP contribution in [0.3, 0.4) is 0 Å². The molecule has 0 bridgehead atoms. The quantitative estimate of drug-likeness (QED) is 0.197. The number of likely N-dealkylation sites (N-methyl/N-ethyl adjacent to an activating group) is 1. The molecule has 0 saturated carbocycles. The van der Waals surface area contributed by atoms with E-state index in [0.29, 0.717) is 0 Å². The first-order valence-electron chi connectivity index (χ1n) is 11.2. The first-order valence-corrected chi connectivity index (χ1v) is 11.2. The molecule has 0 amide bonds. The number of aliphatic imine (C=N–C) groups is 1. The van der Waals surface area contributed by atoms with E-state index in [4.69, 9.17) is 4.74 Å². The first kappa shape index (κ1) is 26.9. The van der Waals surface area contributed by atoms with Gasteiger partial charge in [0.2, 0.25) is 0 Å². The topological polar surface area (TPSA) is 55.4 Å². The molecule has 2 rings (SSSR count). The number of halogens is 1.